The largest absolute Gasteiger partial charge is 0.271 e. The van der Waals surface area contributed by atoms with Crippen molar-refractivity contribution in [3.8, 4) is 0 Å². The lowest BCUT2D eigenvalue weighted by atomic mass is 9.93. The second kappa shape index (κ2) is 4.00. The van der Waals surface area contributed by atoms with E-state index >= 15 is 0 Å². The summed E-state index contributed by atoms with van der Waals surface area (Å²) in [6.07, 6.45) is 3.90. The fourth-order valence-electron chi connectivity index (χ4n) is 5.03. The molecule has 5 atom stereocenters. The van der Waals surface area contributed by atoms with Crippen molar-refractivity contribution in [1.82, 2.24) is 5.43 Å². The Kier molecular flexibility index (Phi) is 2.48. The summed E-state index contributed by atoms with van der Waals surface area (Å²) >= 11 is 0. The third-order valence-electron chi connectivity index (χ3n) is 5.67. The standard InChI is InChI=1S/C15H18F2N2/c16-9-2-1-3-10(17)13(9)15(19-18)14-11-7-4-5-8(6-7)12(11)14/h1-3,7-8,11-12,14-15,19H,4-6,18H2. The van der Waals surface area contributed by atoms with E-state index in [4.69, 9.17) is 5.84 Å². The third-order valence-corrected chi connectivity index (χ3v) is 5.67. The van der Waals surface area contributed by atoms with Crippen LogP contribution in [0, 0.1) is 41.2 Å². The summed E-state index contributed by atoms with van der Waals surface area (Å²) in [4.78, 5) is 0. The molecule has 3 N–H and O–H groups in total. The number of hydrogen-bond acceptors (Lipinski definition) is 2. The van der Waals surface area contributed by atoms with Crippen LogP contribution in [0.4, 0.5) is 8.78 Å². The minimum Gasteiger partial charge on any atom is -0.271 e. The molecule has 0 saturated heterocycles. The fraction of sp³-hybridized carbons (Fsp3) is 0.600. The maximum Gasteiger partial charge on any atom is 0.130 e. The van der Waals surface area contributed by atoms with Crippen LogP contribution in [0.15, 0.2) is 18.2 Å². The van der Waals surface area contributed by atoms with Gasteiger partial charge in [-0.1, -0.05) is 6.07 Å². The Morgan fingerprint density at radius 3 is 2.21 bits per heavy atom. The maximum absolute atomic E-state index is 13.9. The van der Waals surface area contributed by atoms with E-state index in [2.05, 4.69) is 5.43 Å². The first-order valence-electron chi connectivity index (χ1n) is 7.12. The molecule has 3 aliphatic carbocycles. The predicted molar refractivity (Wildman–Crippen MR) is 67.7 cm³/mol. The Hall–Kier alpha value is -1.00. The molecule has 0 spiro atoms. The highest BCUT2D eigenvalue weighted by Crippen LogP contribution is 2.72. The first kappa shape index (κ1) is 11.8. The van der Waals surface area contributed by atoms with Gasteiger partial charge in [-0.25, -0.2) is 8.78 Å². The molecule has 19 heavy (non-hydrogen) atoms. The van der Waals surface area contributed by atoms with Gasteiger partial charge in [-0.3, -0.25) is 11.3 Å². The molecule has 5 unspecified atom stereocenters. The van der Waals surface area contributed by atoms with Crippen LogP contribution in [0.1, 0.15) is 30.9 Å². The molecule has 2 bridgehead atoms. The molecule has 0 heterocycles. The van der Waals surface area contributed by atoms with Crippen molar-refractivity contribution in [2.45, 2.75) is 25.3 Å². The van der Waals surface area contributed by atoms with Crippen molar-refractivity contribution >= 4 is 0 Å². The molecule has 102 valence electrons. The summed E-state index contributed by atoms with van der Waals surface area (Å²) in [5.74, 6) is 7.78. The van der Waals surface area contributed by atoms with Crippen LogP contribution in [0.2, 0.25) is 0 Å². The lowest BCUT2D eigenvalue weighted by Crippen LogP contribution is -2.32. The van der Waals surface area contributed by atoms with Crippen LogP contribution >= 0.6 is 0 Å². The third kappa shape index (κ3) is 1.53. The average molecular weight is 264 g/mol. The summed E-state index contributed by atoms with van der Waals surface area (Å²) in [5.41, 5.74) is 2.81. The molecule has 3 saturated carbocycles. The molecular weight excluding hydrogens is 246 g/mol. The molecule has 3 fully saturated rings. The Balaban J connectivity index is 1.67. The number of fused-ring (bicyclic) bond motifs is 5. The minimum absolute atomic E-state index is 0.129. The first-order chi connectivity index (χ1) is 9.22. The van der Waals surface area contributed by atoms with E-state index in [1.807, 2.05) is 0 Å². The monoisotopic (exact) mass is 264 g/mol. The normalized spacial score (nSPS) is 40.3. The molecule has 0 radical (unpaired) electrons. The second-order valence-corrected chi connectivity index (χ2v) is 6.34. The summed E-state index contributed by atoms with van der Waals surface area (Å²) in [5, 5.41) is 0. The van der Waals surface area contributed by atoms with Crippen LogP contribution in [0.25, 0.3) is 0 Å². The first-order valence-corrected chi connectivity index (χ1v) is 7.12. The van der Waals surface area contributed by atoms with Crippen molar-refractivity contribution in [2.24, 2.45) is 35.4 Å². The van der Waals surface area contributed by atoms with E-state index in [0.29, 0.717) is 17.8 Å². The second-order valence-electron chi connectivity index (χ2n) is 6.34. The van der Waals surface area contributed by atoms with Gasteiger partial charge in [0, 0.05) is 5.56 Å². The van der Waals surface area contributed by atoms with E-state index in [9.17, 15) is 8.78 Å². The number of nitrogens with one attached hydrogen (secondary N) is 1. The lowest BCUT2D eigenvalue weighted by molar-refractivity contribution is 0.355. The van der Waals surface area contributed by atoms with E-state index in [1.54, 1.807) is 0 Å². The van der Waals surface area contributed by atoms with Crippen LogP contribution in [-0.2, 0) is 0 Å². The molecule has 2 nitrogen and oxygen atoms in total. The molecule has 0 amide bonds. The summed E-state index contributed by atoms with van der Waals surface area (Å²) in [6.45, 7) is 0. The maximum atomic E-state index is 13.9. The summed E-state index contributed by atoms with van der Waals surface area (Å²) in [6, 6.07) is 3.66. The highest BCUT2D eigenvalue weighted by molar-refractivity contribution is 5.28. The van der Waals surface area contributed by atoms with Crippen molar-refractivity contribution < 1.29 is 8.78 Å². The Bertz CT molecular complexity index is 483. The Labute approximate surface area is 111 Å². The van der Waals surface area contributed by atoms with Crippen molar-refractivity contribution in [3.05, 3.63) is 35.4 Å². The number of rotatable bonds is 3. The Morgan fingerprint density at radius 2 is 1.68 bits per heavy atom. The van der Waals surface area contributed by atoms with E-state index in [-0.39, 0.29) is 11.6 Å². The van der Waals surface area contributed by atoms with Crippen LogP contribution in [0.3, 0.4) is 0 Å². The lowest BCUT2D eigenvalue weighted by Gasteiger charge is -2.21. The van der Waals surface area contributed by atoms with Gasteiger partial charge in [-0.05, 0) is 61.0 Å². The van der Waals surface area contributed by atoms with E-state index < -0.39 is 11.6 Å². The van der Waals surface area contributed by atoms with Gasteiger partial charge in [0.1, 0.15) is 11.6 Å². The van der Waals surface area contributed by atoms with Crippen molar-refractivity contribution in [1.29, 1.82) is 0 Å². The van der Waals surface area contributed by atoms with Crippen LogP contribution in [0.5, 0.6) is 0 Å². The Morgan fingerprint density at radius 1 is 1.11 bits per heavy atom. The SMILES string of the molecule is NNC(c1c(F)cccc1F)C1C2C3CCC(C3)C21. The predicted octanol–water partition coefficient (Wildman–Crippen LogP) is 2.76. The van der Waals surface area contributed by atoms with Crippen LogP contribution in [-0.4, -0.2) is 0 Å². The highest BCUT2D eigenvalue weighted by atomic mass is 19.1. The fourth-order valence-corrected chi connectivity index (χ4v) is 5.03. The average Bonchev–Trinajstić information content (AvgIpc) is 2.81. The zero-order valence-electron chi connectivity index (χ0n) is 10.7. The van der Waals surface area contributed by atoms with Gasteiger partial charge < -0.3 is 0 Å². The molecular formula is C15H18F2N2. The number of hydrogen-bond donors (Lipinski definition) is 2. The summed E-state index contributed by atoms with van der Waals surface area (Å²) < 4.78 is 27.9. The zero-order valence-corrected chi connectivity index (χ0v) is 10.7. The molecule has 4 rings (SSSR count). The molecule has 0 aromatic heterocycles. The quantitative estimate of drug-likeness (QED) is 0.651. The van der Waals surface area contributed by atoms with Crippen molar-refractivity contribution in [2.75, 3.05) is 0 Å². The van der Waals surface area contributed by atoms with E-state index in [1.165, 1.54) is 37.5 Å². The zero-order chi connectivity index (χ0) is 13.1. The molecule has 0 aliphatic heterocycles. The van der Waals surface area contributed by atoms with Gasteiger partial charge in [-0.15, -0.1) is 0 Å². The number of hydrazine groups is 1. The van der Waals surface area contributed by atoms with Gasteiger partial charge in [0.2, 0.25) is 0 Å². The number of benzene rings is 1. The van der Waals surface area contributed by atoms with Gasteiger partial charge >= 0.3 is 0 Å². The summed E-state index contributed by atoms with van der Waals surface area (Å²) in [7, 11) is 0. The topological polar surface area (TPSA) is 38.0 Å². The van der Waals surface area contributed by atoms with Gasteiger partial charge in [0.25, 0.3) is 0 Å². The molecule has 1 aromatic rings. The molecule has 3 aliphatic rings. The van der Waals surface area contributed by atoms with Crippen LogP contribution < -0.4 is 11.3 Å². The van der Waals surface area contributed by atoms with Gasteiger partial charge in [-0.2, -0.15) is 0 Å². The van der Waals surface area contributed by atoms with E-state index in [0.717, 1.165) is 11.8 Å². The smallest absolute Gasteiger partial charge is 0.130 e. The highest BCUT2D eigenvalue weighted by Gasteiger charge is 2.67. The number of nitrogens with two attached hydrogens (primary N) is 1. The molecule has 4 heteroatoms. The van der Waals surface area contributed by atoms with Gasteiger partial charge in [0.05, 0.1) is 6.04 Å². The minimum atomic E-state index is -0.486. The molecule has 1 aromatic carbocycles. The number of halogens is 2. The van der Waals surface area contributed by atoms with Crippen molar-refractivity contribution in [3.63, 3.8) is 0 Å². The van der Waals surface area contributed by atoms with Gasteiger partial charge in [0.15, 0.2) is 0 Å².